The summed E-state index contributed by atoms with van der Waals surface area (Å²) in [6, 6.07) is 57.2. The maximum absolute atomic E-state index is 6.58. The number of hydrogen-bond acceptors (Lipinski definition) is 3. The average Bonchev–Trinajstić information content (AvgIpc) is 3.71. The van der Waals surface area contributed by atoms with E-state index in [1.807, 2.05) is 36.4 Å². The van der Waals surface area contributed by atoms with E-state index in [1.54, 1.807) is 0 Å². The van der Waals surface area contributed by atoms with E-state index in [9.17, 15) is 0 Å². The summed E-state index contributed by atoms with van der Waals surface area (Å²) < 4.78 is 8.92. The van der Waals surface area contributed by atoms with Crippen LogP contribution in [-0.4, -0.2) is 14.5 Å². The Balaban J connectivity index is 1.22. The molecule has 4 nitrogen and oxygen atoms in total. The van der Waals surface area contributed by atoms with Crippen molar-refractivity contribution in [2.45, 2.75) is 0 Å². The molecule has 0 saturated carbocycles. The lowest BCUT2D eigenvalue weighted by Crippen LogP contribution is -1.95. The zero-order valence-corrected chi connectivity index (χ0v) is 25.8. The minimum atomic E-state index is 0.724. The first kappa shape index (κ1) is 26.7. The fourth-order valence-electron chi connectivity index (χ4n) is 7.15. The van der Waals surface area contributed by atoms with E-state index in [0.29, 0.717) is 0 Å². The lowest BCUT2D eigenvalue weighted by molar-refractivity contribution is 0.671. The smallest absolute Gasteiger partial charge is 0.160 e. The van der Waals surface area contributed by atoms with Crippen molar-refractivity contribution in [3.63, 3.8) is 0 Å². The van der Waals surface area contributed by atoms with Gasteiger partial charge in [-0.15, -0.1) is 0 Å². The van der Waals surface area contributed by atoms with Crippen molar-refractivity contribution in [1.29, 1.82) is 0 Å². The third-order valence-electron chi connectivity index (χ3n) is 9.39. The third-order valence-corrected chi connectivity index (χ3v) is 9.39. The molecule has 0 saturated heterocycles. The Bertz CT molecular complexity index is 2820. The van der Waals surface area contributed by atoms with Gasteiger partial charge in [-0.25, -0.2) is 9.97 Å². The number of aromatic nitrogens is 3. The van der Waals surface area contributed by atoms with Crippen molar-refractivity contribution in [3.8, 4) is 39.5 Å². The molecule has 3 heterocycles. The minimum Gasteiger partial charge on any atom is -0.454 e. The second-order valence-electron chi connectivity index (χ2n) is 12.2. The highest BCUT2D eigenvalue weighted by Crippen LogP contribution is 2.42. The van der Waals surface area contributed by atoms with Crippen molar-refractivity contribution in [3.05, 3.63) is 164 Å². The van der Waals surface area contributed by atoms with Crippen LogP contribution in [0.25, 0.3) is 94.1 Å². The van der Waals surface area contributed by atoms with Crippen LogP contribution in [0.4, 0.5) is 0 Å². The van der Waals surface area contributed by atoms with Gasteiger partial charge in [0.25, 0.3) is 0 Å². The molecule has 7 aromatic carbocycles. The van der Waals surface area contributed by atoms with Crippen molar-refractivity contribution in [2.24, 2.45) is 0 Å². The predicted molar refractivity (Wildman–Crippen MR) is 197 cm³/mol. The summed E-state index contributed by atoms with van der Waals surface area (Å²) in [5, 5.41) is 5.60. The Morgan fingerprint density at radius 2 is 1.08 bits per heavy atom. The molecule has 4 heteroatoms. The molecule has 0 aliphatic rings. The first-order valence-corrected chi connectivity index (χ1v) is 16.2. The number of para-hydroxylation sites is 2. The van der Waals surface area contributed by atoms with Gasteiger partial charge < -0.3 is 8.98 Å². The first-order valence-electron chi connectivity index (χ1n) is 16.2. The molecule has 0 spiro atoms. The zero-order chi connectivity index (χ0) is 31.6. The number of hydrogen-bond donors (Lipinski definition) is 0. The molecule has 0 N–H and O–H groups in total. The second kappa shape index (κ2) is 10.5. The van der Waals surface area contributed by atoms with Crippen molar-refractivity contribution in [2.75, 3.05) is 0 Å². The van der Waals surface area contributed by atoms with Crippen LogP contribution >= 0.6 is 0 Å². The van der Waals surface area contributed by atoms with Crippen LogP contribution < -0.4 is 0 Å². The lowest BCUT2D eigenvalue weighted by Gasteiger charge is -2.12. The Hall–Kier alpha value is -6.52. The van der Waals surface area contributed by atoms with Crippen LogP contribution in [0.3, 0.4) is 0 Å². The van der Waals surface area contributed by atoms with Gasteiger partial charge in [0.15, 0.2) is 11.4 Å². The molecule has 0 unspecified atom stereocenters. The van der Waals surface area contributed by atoms with Gasteiger partial charge >= 0.3 is 0 Å². The third kappa shape index (κ3) is 4.10. The van der Waals surface area contributed by atoms with E-state index in [4.69, 9.17) is 14.4 Å². The Kier molecular flexibility index (Phi) is 5.84. The number of rotatable bonds is 4. The van der Waals surface area contributed by atoms with Gasteiger partial charge in [0, 0.05) is 43.7 Å². The molecule has 3 aromatic heterocycles. The molecule has 0 fully saturated rings. The monoisotopic (exact) mass is 613 g/mol. The Labute approximate surface area is 276 Å². The molecule has 10 rings (SSSR count). The molecular formula is C44H27N3O. The molecule has 0 bridgehead atoms. The van der Waals surface area contributed by atoms with Crippen LogP contribution in [0, 0.1) is 0 Å². The van der Waals surface area contributed by atoms with E-state index < -0.39 is 0 Å². The summed E-state index contributed by atoms with van der Waals surface area (Å²) in [4.78, 5) is 10.1. The van der Waals surface area contributed by atoms with Crippen molar-refractivity contribution < 1.29 is 4.42 Å². The van der Waals surface area contributed by atoms with E-state index in [2.05, 4.69) is 132 Å². The molecule has 224 valence electrons. The van der Waals surface area contributed by atoms with E-state index in [-0.39, 0.29) is 0 Å². The lowest BCUT2D eigenvalue weighted by atomic mass is 9.98. The maximum atomic E-state index is 6.58. The fraction of sp³-hybridized carbons (Fsp3) is 0. The fourth-order valence-corrected chi connectivity index (χ4v) is 7.15. The molecule has 10 aromatic rings. The highest BCUT2D eigenvalue weighted by atomic mass is 16.3. The van der Waals surface area contributed by atoms with Gasteiger partial charge in [0.1, 0.15) is 5.58 Å². The van der Waals surface area contributed by atoms with Crippen molar-refractivity contribution in [1.82, 2.24) is 14.5 Å². The van der Waals surface area contributed by atoms with E-state index in [0.717, 1.165) is 88.7 Å². The topological polar surface area (TPSA) is 43.9 Å². The van der Waals surface area contributed by atoms with Crippen LogP contribution in [0.5, 0.6) is 0 Å². The molecule has 0 aliphatic heterocycles. The highest BCUT2D eigenvalue weighted by Gasteiger charge is 2.20. The van der Waals surface area contributed by atoms with E-state index in [1.165, 1.54) is 5.39 Å². The molecule has 48 heavy (non-hydrogen) atoms. The first-order chi connectivity index (χ1) is 23.8. The minimum absolute atomic E-state index is 0.724. The molecule has 0 atom stereocenters. The zero-order valence-electron chi connectivity index (χ0n) is 25.8. The molecular weight excluding hydrogens is 587 g/mol. The largest absolute Gasteiger partial charge is 0.454 e. The van der Waals surface area contributed by atoms with Crippen LogP contribution in [0.1, 0.15) is 0 Å². The Morgan fingerprint density at radius 1 is 0.438 bits per heavy atom. The standard InChI is InChI=1S/C44H27N3O/c1-4-12-28(13-5-1)41-37-27-30(20-24-38(37)45-44(46-41)29-14-6-2-7-15-29)31-21-25-39-36(26-31)34-22-23-35-33-18-10-11-19-40(33)48-43(35)42(34)47(39)32-16-8-3-9-17-32/h1-27H. The van der Waals surface area contributed by atoms with Gasteiger partial charge in [-0.3, -0.25) is 0 Å². The number of furan rings is 1. The van der Waals surface area contributed by atoms with Gasteiger partial charge in [-0.05, 0) is 59.7 Å². The SMILES string of the molecule is c1ccc(-c2nc(-c3ccccc3)c3cc(-c4ccc5c(c4)c4ccc6c7ccccc7oc6c4n5-c4ccccc4)ccc3n2)cc1. The summed E-state index contributed by atoms with van der Waals surface area (Å²) in [6.07, 6.45) is 0. The number of fused-ring (bicyclic) bond motifs is 8. The second-order valence-corrected chi connectivity index (χ2v) is 12.2. The summed E-state index contributed by atoms with van der Waals surface area (Å²) in [5.74, 6) is 0.724. The number of benzene rings is 7. The van der Waals surface area contributed by atoms with Crippen LogP contribution in [0.2, 0.25) is 0 Å². The Morgan fingerprint density at radius 3 is 1.88 bits per heavy atom. The highest BCUT2D eigenvalue weighted by molar-refractivity contribution is 6.22. The van der Waals surface area contributed by atoms with Crippen LogP contribution in [0.15, 0.2) is 168 Å². The predicted octanol–water partition coefficient (Wildman–Crippen LogP) is 11.6. The normalized spacial score (nSPS) is 11.8. The average molecular weight is 614 g/mol. The molecule has 0 radical (unpaired) electrons. The maximum Gasteiger partial charge on any atom is 0.160 e. The van der Waals surface area contributed by atoms with E-state index >= 15 is 0 Å². The van der Waals surface area contributed by atoms with Gasteiger partial charge in [0.2, 0.25) is 0 Å². The van der Waals surface area contributed by atoms with Gasteiger partial charge in [-0.1, -0.05) is 115 Å². The van der Waals surface area contributed by atoms with Crippen LogP contribution in [-0.2, 0) is 0 Å². The summed E-state index contributed by atoms with van der Waals surface area (Å²) in [7, 11) is 0. The van der Waals surface area contributed by atoms with Gasteiger partial charge in [-0.2, -0.15) is 0 Å². The van der Waals surface area contributed by atoms with Gasteiger partial charge in [0.05, 0.1) is 22.2 Å². The molecule has 0 amide bonds. The van der Waals surface area contributed by atoms with Crippen molar-refractivity contribution >= 4 is 54.6 Å². The summed E-state index contributed by atoms with van der Waals surface area (Å²) in [5.41, 5.74) is 11.3. The quantitative estimate of drug-likeness (QED) is 0.198. The summed E-state index contributed by atoms with van der Waals surface area (Å²) in [6.45, 7) is 0. The summed E-state index contributed by atoms with van der Waals surface area (Å²) >= 11 is 0. The number of nitrogens with zero attached hydrogens (tertiary/aromatic N) is 3. The molecule has 0 aliphatic carbocycles.